The van der Waals surface area contributed by atoms with Crippen LogP contribution in [0.15, 0.2) is 18.2 Å². The zero-order valence-electron chi connectivity index (χ0n) is 12.5. The molecule has 3 atom stereocenters. The van der Waals surface area contributed by atoms with Crippen molar-refractivity contribution in [3.8, 4) is 0 Å². The molecule has 0 heterocycles. The van der Waals surface area contributed by atoms with Gasteiger partial charge in [-0.3, -0.25) is 0 Å². The second-order valence-corrected chi connectivity index (χ2v) is 8.29. The molecular formula is C18H23F2N. The van der Waals surface area contributed by atoms with Gasteiger partial charge in [-0.1, -0.05) is 13.0 Å². The molecule has 0 saturated heterocycles. The van der Waals surface area contributed by atoms with E-state index in [0.717, 1.165) is 23.8 Å². The van der Waals surface area contributed by atoms with Gasteiger partial charge in [0.1, 0.15) is 0 Å². The van der Waals surface area contributed by atoms with Crippen molar-refractivity contribution in [1.29, 1.82) is 0 Å². The summed E-state index contributed by atoms with van der Waals surface area (Å²) in [5.41, 5.74) is 7.86. The largest absolute Gasteiger partial charge is 0.323 e. The number of benzene rings is 1. The van der Waals surface area contributed by atoms with Crippen molar-refractivity contribution in [3.63, 3.8) is 0 Å². The third-order valence-corrected chi connectivity index (χ3v) is 6.36. The molecule has 3 unspecified atom stereocenters. The van der Waals surface area contributed by atoms with E-state index in [4.69, 9.17) is 5.73 Å². The molecule has 4 fully saturated rings. The molecule has 1 aromatic rings. The van der Waals surface area contributed by atoms with Crippen LogP contribution in [0.5, 0.6) is 0 Å². The number of hydrogen-bond donors (Lipinski definition) is 1. The minimum atomic E-state index is -0.788. The Morgan fingerprint density at radius 1 is 1.10 bits per heavy atom. The van der Waals surface area contributed by atoms with Crippen LogP contribution >= 0.6 is 0 Å². The number of hydrogen-bond acceptors (Lipinski definition) is 1. The predicted molar refractivity (Wildman–Crippen MR) is 78.5 cm³/mol. The van der Waals surface area contributed by atoms with Gasteiger partial charge >= 0.3 is 0 Å². The minimum Gasteiger partial charge on any atom is -0.323 e. The maximum Gasteiger partial charge on any atom is 0.159 e. The smallest absolute Gasteiger partial charge is 0.159 e. The Kier molecular flexibility index (Phi) is 2.79. The summed E-state index contributed by atoms with van der Waals surface area (Å²) >= 11 is 0. The number of nitrogens with two attached hydrogens (primary N) is 1. The molecule has 2 N–H and O–H groups in total. The van der Waals surface area contributed by atoms with Gasteiger partial charge in [-0.25, -0.2) is 8.78 Å². The number of rotatable bonds is 2. The topological polar surface area (TPSA) is 26.0 Å². The summed E-state index contributed by atoms with van der Waals surface area (Å²) in [5, 5.41) is 0. The average molecular weight is 291 g/mol. The molecule has 0 aliphatic heterocycles. The molecule has 114 valence electrons. The quantitative estimate of drug-likeness (QED) is 0.848. The Labute approximate surface area is 124 Å². The van der Waals surface area contributed by atoms with Crippen LogP contribution in [-0.2, 0) is 0 Å². The van der Waals surface area contributed by atoms with E-state index in [1.165, 1.54) is 44.2 Å². The third kappa shape index (κ3) is 2.04. The molecule has 0 amide bonds. The van der Waals surface area contributed by atoms with Gasteiger partial charge in [-0.2, -0.15) is 0 Å². The minimum absolute atomic E-state index is 0.100. The summed E-state index contributed by atoms with van der Waals surface area (Å²) in [6, 6.07) is 4.02. The summed E-state index contributed by atoms with van der Waals surface area (Å²) in [4.78, 5) is 0. The van der Waals surface area contributed by atoms with Gasteiger partial charge in [-0.15, -0.1) is 0 Å². The van der Waals surface area contributed by atoms with E-state index in [0.29, 0.717) is 5.41 Å². The van der Waals surface area contributed by atoms with Crippen molar-refractivity contribution in [1.82, 2.24) is 0 Å². The van der Waals surface area contributed by atoms with Crippen molar-refractivity contribution in [2.45, 2.75) is 51.5 Å². The first-order valence-corrected chi connectivity index (χ1v) is 8.10. The van der Waals surface area contributed by atoms with E-state index < -0.39 is 11.6 Å². The Morgan fingerprint density at radius 2 is 1.76 bits per heavy atom. The molecular weight excluding hydrogens is 268 g/mol. The van der Waals surface area contributed by atoms with Crippen LogP contribution in [0.1, 0.15) is 57.1 Å². The molecule has 3 heteroatoms. The maximum atomic E-state index is 13.6. The van der Waals surface area contributed by atoms with Crippen molar-refractivity contribution in [3.05, 3.63) is 35.4 Å². The summed E-state index contributed by atoms with van der Waals surface area (Å²) in [7, 11) is 0. The van der Waals surface area contributed by atoms with Crippen LogP contribution in [0, 0.1) is 34.3 Å². The molecule has 4 bridgehead atoms. The van der Waals surface area contributed by atoms with E-state index >= 15 is 0 Å². The first kappa shape index (κ1) is 13.7. The molecule has 5 rings (SSSR count). The fraction of sp³-hybridized carbons (Fsp3) is 0.667. The highest BCUT2D eigenvalue weighted by Gasteiger charge is 2.57. The molecule has 4 saturated carbocycles. The van der Waals surface area contributed by atoms with E-state index in [9.17, 15) is 8.78 Å². The zero-order valence-corrected chi connectivity index (χ0v) is 12.5. The normalized spacial score (nSPS) is 42.3. The van der Waals surface area contributed by atoms with Gasteiger partial charge in [0.15, 0.2) is 11.6 Å². The third-order valence-electron chi connectivity index (χ3n) is 6.36. The fourth-order valence-corrected chi connectivity index (χ4v) is 6.22. The summed E-state index contributed by atoms with van der Waals surface area (Å²) in [5.74, 6) is 0.00232. The average Bonchev–Trinajstić information content (AvgIpc) is 2.38. The van der Waals surface area contributed by atoms with Gasteiger partial charge in [0.2, 0.25) is 0 Å². The van der Waals surface area contributed by atoms with Crippen molar-refractivity contribution in [2.75, 3.05) is 0 Å². The van der Waals surface area contributed by atoms with Crippen LogP contribution < -0.4 is 5.73 Å². The summed E-state index contributed by atoms with van der Waals surface area (Å²) in [6.07, 6.45) is 7.49. The standard InChI is InChI=1S/C18H23F2N/c1-17-6-11-4-12(7-17)9-18(8-11,10-17)16(21)13-2-3-14(19)15(20)5-13/h2-3,5,11-12,16H,4,6-10,21H2,1H3. The maximum absolute atomic E-state index is 13.6. The summed E-state index contributed by atoms with van der Waals surface area (Å²) in [6.45, 7) is 2.40. The van der Waals surface area contributed by atoms with Crippen molar-refractivity contribution in [2.24, 2.45) is 28.4 Å². The van der Waals surface area contributed by atoms with Gasteiger partial charge in [0, 0.05) is 6.04 Å². The molecule has 4 aliphatic carbocycles. The lowest BCUT2D eigenvalue weighted by Gasteiger charge is -2.63. The van der Waals surface area contributed by atoms with E-state index in [1.807, 2.05) is 0 Å². The lowest BCUT2D eigenvalue weighted by molar-refractivity contribution is -0.113. The fourth-order valence-electron chi connectivity index (χ4n) is 6.22. The van der Waals surface area contributed by atoms with Crippen molar-refractivity contribution >= 4 is 0 Å². The Bertz CT molecular complexity index is 569. The zero-order chi connectivity index (χ0) is 14.8. The van der Waals surface area contributed by atoms with Gasteiger partial charge in [-0.05, 0) is 78.9 Å². The van der Waals surface area contributed by atoms with E-state index in [-0.39, 0.29) is 11.5 Å². The van der Waals surface area contributed by atoms with Crippen LogP contribution in [0.4, 0.5) is 8.78 Å². The molecule has 1 nitrogen and oxygen atoms in total. The second-order valence-electron chi connectivity index (χ2n) is 8.29. The predicted octanol–water partition coefficient (Wildman–Crippen LogP) is 4.57. The SMILES string of the molecule is CC12CC3CC(C1)CC(C(N)c1ccc(F)c(F)c1)(C3)C2. The number of halogens is 2. The molecule has 0 radical (unpaired) electrons. The lowest BCUT2D eigenvalue weighted by Crippen LogP contribution is -2.54. The highest BCUT2D eigenvalue weighted by Crippen LogP contribution is 2.67. The molecule has 0 aromatic heterocycles. The van der Waals surface area contributed by atoms with Crippen LogP contribution in [0.25, 0.3) is 0 Å². The molecule has 4 aliphatic rings. The van der Waals surface area contributed by atoms with Crippen LogP contribution in [0.2, 0.25) is 0 Å². The summed E-state index contributed by atoms with van der Waals surface area (Å²) < 4.78 is 26.7. The van der Waals surface area contributed by atoms with E-state index in [2.05, 4.69) is 6.92 Å². The van der Waals surface area contributed by atoms with Gasteiger partial charge < -0.3 is 5.73 Å². The monoisotopic (exact) mass is 291 g/mol. The first-order valence-electron chi connectivity index (χ1n) is 8.10. The van der Waals surface area contributed by atoms with Crippen LogP contribution in [-0.4, -0.2) is 0 Å². The Morgan fingerprint density at radius 3 is 2.33 bits per heavy atom. The molecule has 1 aromatic carbocycles. The van der Waals surface area contributed by atoms with Gasteiger partial charge in [0.05, 0.1) is 0 Å². The van der Waals surface area contributed by atoms with E-state index in [1.54, 1.807) is 6.07 Å². The highest BCUT2D eigenvalue weighted by atomic mass is 19.2. The lowest BCUT2D eigenvalue weighted by atomic mass is 9.43. The Balaban J connectivity index is 1.70. The molecule has 21 heavy (non-hydrogen) atoms. The van der Waals surface area contributed by atoms with Crippen molar-refractivity contribution < 1.29 is 8.78 Å². The van der Waals surface area contributed by atoms with Crippen LogP contribution in [0.3, 0.4) is 0 Å². The Hall–Kier alpha value is -0.960. The van der Waals surface area contributed by atoms with Gasteiger partial charge in [0.25, 0.3) is 0 Å². The highest BCUT2D eigenvalue weighted by molar-refractivity contribution is 5.25. The second kappa shape index (κ2) is 4.28. The first-order chi connectivity index (χ1) is 9.89. The molecule has 0 spiro atoms.